The van der Waals surface area contributed by atoms with E-state index in [-0.39, 0.29) is 41.5 Å². The van der Waals surface area contributed by atoms with Gasteiger partial charge in [0.1, 0.15) is 29.3 Å². The molecule has 0 radical (unpaired) electrons. The number of allylic oxidation sites excluding steroid dienone is 1. The van der Waals surface area contributed by atoms with Crippen LogP contribution in [0, 0.1) is 5.92 Å². The van der Waals surface area contributed by atoms with Crippen molar-refractivity contribution in [3.63, 3.8) is 0 Å². The van der Waals surface area contributed by atoms with Crippen molar-refractivity contribution in [3.8, 4) is 0 Å². The van der Waals surface area contributed by atoms with Gasteiger partial charge in [-0.05, 0) is 68.7 Å². The standard InChI is InChI=1S/C40H46N4O9S/c1-5-22-51-39(49)42-19-16-26(17-20-42)24-43-21-18-29(34(43)45)23-30-25-54(50)36-31(41-38(48)53-40(2,3)4)35(46)44(36)32(30)37(47)52-33(27-12-8-6-9-13-27)28-14-10-7-11-15-28/h5-15,23,26,31,33,36H,1,16-22,24-25H2,2-4H3,(H,41,48)/b29-23+. The van der Waals surface area contributed by atoms with Crippen molar-refractivity contribution < 1.29 is 42.4 Å². The van der Waals surface area contributed by atoms with Gasteiger partial charge in [-0.25, -0.2) is 14.4 Å². The second-order valence-electron chi connectivity index (χ2n) is 14.7. The lowest BCUT2D eigenvalue weighted by molar-refractivity contribution is -0.153. The van der Waals surface area contributed by atoms with E-state index in [1.807, 2.05) is 60.7 Å². The molecular formula is C40H46N4O9S. The zero-order valence-electron chi connectivity index (χ0n) is 30.7. The van der Waals surface area contributed by atoms with Crippen LogP contribution in [0.5, 0.6) is 0 Å². The number of likely N-dealkylation sites (tertiary alicyclic amines) is 2. The molecule has 286 valence electrons. The largest absolute Gasteiger partial charge is 0.448 e. The summed E-state index contributed by atoms with van der Waals surface area (Å²) in [5.74, 6) is -1.64. The summed E-state index contributed by atoms with van der Waals surface area (Å²) in [4.78, 5) is 71.4. The highest BCUT2D eigenvalue weighted by Crippen LogP contribution is 2.38. The summed E-state index contributed by atoms with van der Waals surface area (Å²) in [6.07, 6.45) is 2.86. The minimum Gasteiger partial charge on any atom is -0.448 e. The molecule has 2 aromatic rings. The van der Waals surface area contributed by atoms with Crippen molar-refractivity contribution in [1.82, 2.24) is 20.0 Å². The molecule has 1 N–H and O–H groups in total. The second-order valence-corrected chi connectivity index (χ2v) is 16.2. The lowest BCUT2D eigenvalue weighted by atomic mass is 9.96. The van der Waals surface area contributed by atoms with Crippen LogP contribution in [0.3, 0.4) is 0 Å². The first-order valence-corrected chi connectivity index (χ1v) is 19.5. The van der Waals surface area contributed by atoms with Gasteiger partial charge in [-0.3, -0.25) is 18.7 Å². The fraction of sp³-hybridized carbons (Fsp3) is 0.425. The molecule has 0 aliphatic carbocycles. The molecule has 4 amide bonds. The van der Waals surface area contributed by atoms with E-state index in [2.05, 4.69) is 11.9 Å². The molecular weight excluding hydrogens is 713 g/mol. The van der Waals surface area contributed by atoms with Gasteiger partial charge in [0.05, 0.1) is 16.6 Å². The number of amides is 4. The molecule has 0 aromatic heterocycles. The first kappa shape index (κ1) is 38.5. The molecule has 4 aliphatic heterocycles. The average Bonchev–Trinajstić information content (AvgIpc) is 3.49. The smallest absolute Gasteiger partial charge is 0.410 e. The number of hydrogen-bond donors (Lipinski definition) is 1. The molecule has 3 saturated heterocycles. The lowest BCUT2D eigenvalue weighted by Gasteiger charge is -2.49. The van der Waals surface area contributed by atoms with E-state index in [1.54, 1.807) is 36.6 Å². The number of rotatable bonds is 10. The molecule has 0 bridgehead atoms. The number of fused-ring (bicyclic) bond motifs is 1. The summed E-state index contributed by atoms with van der Waals surface area (Å²) < 4.78 is 30.5. The number of hydrogen-bond acceptors (Lipinski definition) is 9. The molecule has 54 heavy (non-hydrogen) atoms. The average molecular weight is 759 g/mol. The van der Waals surface area contributed by atoms with Gasteiger partial charge in [0.25, 0.3) is 5.91 Å². The predicted octanol–water partition coefficient (Wildman–Crippen LogP) is 4.59. The van der Waals surface area contributed by atoms with E-state index in [9.17, 15) is 28.2 Å². The van der Waals surface area contributed by atoms with Crippen LogP contribution in [-0.4, -0.2) is 104 Å². The highest BCUT2D eigenvalue weighted by molar-refractivity contribution is 7.86. The second kappa shape index (κ2) is 16.4. The molecule has 3 unspecified atom stereocenters. The predicted molar refractivity (Wildman–Crippen MR) is 200 cm³/mol. The lowest BCUT2D eigenvalue weighted by Crippen LogP contribution is -2.73. The number of ether oxygens (including phenoxy) is 3. The summed E-state index contributed by atoms with van der Waals surface area (Å²) in [5.41, 5.74) is 1.13. The fourth-order valence-corrected chi connectivity index (χ4v) is 8.73. The van der Waals surface area contributed by atoms with Gasteiger partial charge < -0.3 is 29.3 Å². The molecule has 3 fully saturated rings. The summed E-state index contributed by atoms with van der Waals surface area (Å²) >= 11 is 0. The number of benzene rings is 2. The summed E-state index contributed by atoms with van der Waals surface area (Å²) in [7, 11) is -1.75. The normalized spacial score (nSPS) is 22.6. The minimum atomic E-state index is -1.75. The summed E-state index contributed by atoms with van der Waals surface area (Å²) in [6.45, 7) is 10.8. The number of nitrogens with zero attached hydrogens (tertiary/aromatic N) is 3. The number of nitrogens with one attached hydrogen (secondary N) is 1. The van der Waals surface area contributed by atoms with E-state index in [0.29, 0.717) is 62.1 Å². The van der Waals surface area contributed by atoms with Crippen LogP contribution in [0.1, 0.15) is 57.3 Å². The van der Waals surface area contributed by atoms with Crippen LogP contribution in [-0.2, 0) is 39.4 Å². The number of carbonyl (C=O) groups excluding carboxylic acids is 5. The van der Waals surface area contributed by atoms with Gasteiger partial charge in [-0.1, -0.05) is 73.3 Å². The molecule has 13 nitrogen and oxygen atoms in total. The zero-order valence-corrected chi connectivity index (χ0v) is 31.5. The van der Waals surface area contributed by atoms with Crippen LogP contribution >= 0.6 is 0 Å². The van der Waals surface area contributed by atoms with Crippen molar-refractivity contribution in [1.29, 1.82) is 0 Å². The van der Waals surface area contributed by atoms with Crippen molar-refractivity contribution in [2.75, 3.05) is 38.5 Å². The van der Waals surface area contributed by atoms with Crippen molar-refractivity contribution in [3.05, 3.63) is 107 Å². The fourth-order valence-electron chi connectivity index (χ4n) is 7.10. The molecule has 4 heterocycles. The van der Waals surface area contributed by atoms with Gasteiger partial charge in [0.15, 0.2) is 6.10 Å². The summed E-state index contributed by atoms with van der Waals surface area (Å²) in [6, 6.07) is 17.2. The quantitative estimate of drug-likeness (QED) is 0.121. The van der Waals surface area contributed by atoms with E-state index >= 15 is 0 Å². The number of piperidine rings is 1. The first-order valence-electron chi connectivity index (χ1n) is 18.1. The van der Waals surface area contributed by atoms with E-state index < -0.39 is 51.9 Å². The van der Waals surface area contributed by atoms with Crippen LogP contribution < -0.4 is 5.32 Å². The van der Waals surface area contributed by atoms with Crippen LogP contribution in [0.2, 0.25) is 0 Å². The van der Waals surface area contributed by atoms with Crippen molar-refractivity contribution >= 4 is 40.8 Å². The Kier molecular flexibility index (Phi) is 11.7. The highest BCUT2D eigenvalue weighted by Gasteiger charge is 2.58. The monoisotopic (exact) mass is 758 g/mol. The Hall–Kier alpha value is -5.24. The van der Waals surface area contributed by atoms with Gasteiger partial charge in [0.2, 0.25) is 5.91 Å². The first-order chi connectivity index (χ1) is 25.8. The van der Waals surface area contributed by atoms with E-state index in [0.717, 1.165) is 4.90 Å². The molecule has 4 aliphatic rings. The Morgan fingerprint density at radius 1 is 0.981 bits per heavy atom. The number of β-lactam (4-membered cyclic amide) rings is 1. The minimum absolute atomic E-state index is 0.113. The van der Waals surface area contributed by atoms with Crippen LogP contribution in [0.4, 0.5) is 9.59 Å². The third-order valence-corrected chi connectivity index (χ3v) is 11.3. The number of esters is 1. The maximum absolute atomic E-state index is 14.4. The van der Waals surface area contributed by atoms with Gasteiger partial charge >= 0.3 is 18.2 Å². The highest BCUT2D eigenvalue weighted by atomic mass is 32.2. The Bertz CT molecular complexity index is 1830. The third kappa shape index (κ3) is 8.59. The van der Waals surface area contributed by atoms with Gasteiger partial charge in [-0.15, -0.1) is 0 Å². The Morgan fingerprint density at radius 2 is 1.61 bits per heavy atom. The van der Waals surface area contributed by atoms with Crippen LogP contribution in [0.15, 0.2) is 96.2 Å². The Morgan fingerprint density at radius 3 is 2.20 bits per heavy atom. The van der Waals surface area contributed by atoms with E-state index in [1.165, 1.54) is 6.08 Å². The van der Waals surface area contributed by atoms with E-state index in [4.69, 9.17) is 14.2 Å². The molecule has 0 saturated carbocycles. The van der Waals surface area contributed by atoms with Crippen LogP contribution in [0.25, 0.3) is 0 Å². The summed E-state index contributed by atoms with van der Waals surface area (Å²) in [5, 5.41) is 1.49. The van der Waals surface area contributed by atoms with Crippen molar-refractivity contribution in [2.24, 2.45) is 5.92 Å². The molecule has 14 heteroatoms. The third-order valence-electron chi connectivity index (χ3n) is 9.69. The zero-order chi connectivity index (χ0) is 38.6. The number of carbonyl (C=O) groups is 5. The Labute approximate surface area is 317 Å². The SMILES string of the molecule is C=CCOC(=O)N1CCC(CN2CC/C(=C\C3=C(C(=O)OC(c4ccccc4)c4ccccc4)N4C(=O)C(NC(=O)OC(C)(C)C)C4S(=O)C3)C2=O)CC1. The van der Waals surface area contributed by atoms with Gasteiger partial charge in [-0.2, -0.15) is 0 Å². The molecule has 3 atom stereocenters. The maximum Gasteiger partial charge on any atom is 0.410 e. The van der Waals surface area contributed by atoms with Crippen molar-refractivity contribution in [2.45, 2.75) is 63.2 Å². The Balaban J connectivity index is 1.26. The molecule has 6 rings (SSSR count). The molecule has 0 spiro atoms. The maximum atomic E-state index is 14.4. The topological polar surface area (TPSA) is 152 Å². The van der Waals surface area contributed by atoms with Gasteiger partial charge in [0, 0.05) is 31.8 Å². The number of alkyl carbamates (subject to hydrolysis) is 1. The molecule has 2 aromatic carbocycles.